The van der Waals surface area contributed by atoms with Gasteiger partial charge in [0.1, 0.15) is 5.82 Å². The Balaban J connectivity index is 1.12. The van der Waals surface area contributed by atoms with Crippen molar-refractivity contribution in [2.24, 2.45) is 0 Å². The van der Waals surface area contributed by atoms with Crippen LogP contribution >= 0.6 is 0 Å². The van der Waals surface area contributed by atoms with Crippen LogP contribution in [0.2, 0.25) is 0 Å². The van der Waals surface area contributed by atoms with Crippen molar-refractivity contribution in [2.45, 2.75) is 6.04 Å². The van der Waals surface area contributed by atoms with Crippen molar-refractivity contribution in [1.82, 2.24) is 14.8 Å². The maximum Gasteiger partial charge on any atom is 0.289 e. The van der Waals surface area contributed by atoms with E-state index >= 15 is 0 Å². The Morgan fingerprint density at radius 3 is 2.42 bits per heavy atom. The number of benzene rings is 1. The van der Waals surface area contributed by atoms with Gasteiger partial charge in [-0.25, -0.2) is 4.98 Å². The average molecular weight is 412 g/mol. The van der Waals surface area contributed by atoms with Crippen LogP contribution in [0.4, 0.5) is 5.82 Å². The minimum atomic E-state index is -0.0591. The number of likely N-dealkylation sites (tertiary alicyclic amines) is 1. The summed E-state index contributed by atoms with van der Waals surface area (Å²) in [4.78, 5) is 23.8. The van der Waals surface area contributed by atoms with E-state index in [0.29, 0.717) is 17.6 Å². The summed E-state index contributed by atoms with van der Waals surface area (Å²) in [6.07, 6.45) is 1.84. The van der Waals surface area contributed by atoms with Gasteiger partial charge in [0.05, 0.1) is 0 Å². The van der Waals surface area contributed by atoms with E-state index in [4.69, 9.17) is 4.42 Å². The summed E-state index contributed by atoms with van der Waals surface area (Å²) >= 11 is 0. The molecule has 2 fully saturated rings. The lowest BCUT2D eigenvalue weighted by atomic mass is 10.1. The van der Waals surface area contributed by atoms with E-state index < -0.39 is 0 Å². The molecule has 0 spiro atoms. The summed E-state index contributed by atoms with van der Waals surface area (Å²) in [5.74, 6) is 7.88. The van der Waals surface area contributed by atoms with E-state index in [1.807, 2.05) is 53.6 Å². The number of hydrogen-bond donors (Lipinski definition) is 0. The van der Waals surface area contributed by atoms with Gasteiger partial charge in [-0.15, -0.1) is 0 Å². The minimum absolute atomic E-state index is 0.0591. The van der Waals surface area contributed by atoms with Crippen LogP contribution in [0.3, 0.4) is 0 Å². The molecular weight excluding hydrogens is 388 g/mol. The zero-order chi connectivity index (χ0) is 21.0. The molecule has 0 N–H and O–H groups in total. The molecule has 0 unspecified atom stereocenters. The predicted molar refractivity (Wildman–Crippen MR) is 119 cm³/mol. The van der Waals surface area contributed by atoms with Crippen molar-refractivity contribution in [3.8, 4) is 11.8 Å². The van der Waals surface area contributed by atoms with Gasteiger partial charge in [0, 0.05) is 57.1 Å². The summed E-state index contributed by atoms with van der Waals surface area (Å²) in [6, 6.07) is 19.7. The first-order chi connectivity index (χ1) is 15.3. The number of carbonyl (C=O) groups excluding carboxylic acids is 1. The molecule has 2 aliphatic heterocycles. The van der Waals surface area contributed by atoms with Crippen molar-refractivity contribution >= 4 is 11.7 Å². The fraction of sp³-hybridized carbons (Fsp3) is 0.280. The molecule has 0 saturated carbocycles. The fourth-order valence-electron chi connectivity index (χ4n) is 4.04. The van der Waals surface area contributed by atoms with E-state index in [1.165, 1.54) is 0 Å². The molecule has 0 atom stereocenters. The molecule has 6 nitrogen and oxygen atoms in total. The summed E-state index contributed by atoms with van der Waals surface area (Å²) in [6.45, 7) is 5.39. The topological polar surface area (TPSA) is 52.8 Å². The molecular formula is C25H24N4O2. The maximum atomic E-state index is 12.7. The minimum Gasteiger partial charge on any atom is -0.443 e. The van der Waals surface area contributed by atoms with E-state index in [-0.39, 0.29) is 5.91 Å². The quantitative estimate of drug-likeness (QED) is 0.619. The number of pyridine rings is 1. The number of aromatic nitrogens is 1. The summed E-state index contributed by atoms with van der Waals surface area (Å²) in [5.41, 5.74) is 0.917. The number of amides is 1. The van der Waals surface area contributed by atoms with Crippen LogP contribution in [0, 0.1) is 11.8 Å². The molecule has 6 heteroatoms. The smallest absolute Gasteiger partial charge is 0.289 e. The molecule has 3 aromatic rings. The molecule has 0 bridgehead atoms. The van der Waals surface area contributed by atoms with Crippen molar-refractivity contribution in [3.63, 3.8) is 0 Å². The Morgan fingerprint density at radius 2 is 1.68 bits per heavy atom. The molecule has 1 aromatic carbocycles. The van der Waals surface area contributed by atoms with E-state index in [1.54, 1.807) is 12.1 Å². The van der Waals surface area contributed by atoms with Crippen molar-refractivity contribution < 1.29 is 9.21 Å². The van der Waals surface area contributed by atoms with Crippen molar-refractivity contribution in [2.75, 3.05) is 44.2 Å². The summed E-state index contributed by atoms with van der Waals surface area (Å²) < 4.78 is 5.68. The molecule has 5 rings (SSSR count). The van der Waals surface area contributed by atoms with Gasteiger partial charge in [-0.05, 0) is 42.3 Å². The molecule has 31 heavy (non-hydrogen) atoms. The lowest BCUT2D eigenvalue weighted by Crippen LogP contribution is -2.64. The molecule has 2 saturated heterocycles. The average Bonchev–Trinajstić information content (AvgIpc) is 3.28. The SMILES string of the molecule is O=C(c1ccc(C#Cc2ccccc2)o1)N1CC(N2CCN(c3ccccn3)CC2)C1. The maximum absolute atomic E-state index is 12.7. The van der Waals surface area contributed by atoms with Gasteiger partial charge in [0.2, 0.25) is 0 Å². The van der Waals surface area contributed by atoms with Crippen LogP contribution in [0.1, 0.15) is 21.9 Å². The first-order valence-electron chi connectivity index (χ1n) is 10.6. The van der Waals surface area contributed by atoms with Crippen molar-refractivity contribution in [1.29, 1.82) is 0 Å². The van der Waals surface area contributed by atoms with Gasteiger partial charge in [0.25, 0.3) is 5.91 Å². The number of anilines is 1. The predicted octanol–water partition coefficient (Wildman–Crippen LogP) is 2.72. The molecule has 156 valence electrons. The normalized spacial score (nSPS) is 17.0. The Labute approximate surface area is 182 Å². The first kappa shape index (κ1) is 19.4. The zero-order valence-electron chi connectivity index (χ0n) is 17.3. The van der Waals surface area contributed by atoms with E-state index in [2.05, 4.69) is 32.7 Å². The monoisotopic (exact) mass is 412 g/mol. The van der Waals surface area contributed by atoms with Gasteiger partial charge in [-0.3, -0.25) is 9.69 Å². The second kappa shape index (κ2) is 8.66. The molecule has 2 aromatic heterocycles. The standard InChI is InChI=1S/C25H24N4O2/c30-25(23-12-11-22(31-23)10-9-20-6-2-1-3-7-20)29-18-21(19-29)27-14-16-28(17-15-27)24-8-4-5-13-26-24/h1-8,11-13,21H,14-19H2. The van der Waals surface area contributed by atoms with Crippen molar-refractivity contribution in [3.05, 3.63) is 83.9 Å². The molecule has 0 aliphatic carbocycles. The van der Waals surface area contributed by atoms with Gasteiger partial charge in [0.15, 0.2) is 11.5 Å². The van der Waals surface area contributed by atoms with Crippen LogP contribution in [0.5, 0.6) is 0 Å². The lowest BCUT2D eigenvalue weighted by molar-refractivity contribution is 0.0223. The Kier molecular flexibility index (Phi) is 5.42. The lowest BCUT2D eigenvalue weighted by Gasteiger charge is -2.48. The highest BCUT2D eigenvalue weighted by Gasteiger charge is 2.37. The number of hydrogen-bond acceptors (Lipinski definition) is 5. The van der Waals surface area contributed by atoms with Crippen LogP contribution in [-0.4, -0.2) is 66.0 Å². The second-order valence-corrected chi connectivity index (χ2v) is 7.85. The van der Waals surface area contributed by atoms with Crippen LogP contribution in [0.25, 0.3) is 0 Å². The Morgan fingerprint density at radius 1 is 0.903 bits per heavy atom. The summed E-state index contributed by atoms with van der Waals surface area (Å²) in [7, 11) is 0. The first-order valence-corrected chi connectivity index (χ1v) is 10.6. The third-order valence-electron chi connectivity index (χ3n) is 5.87. The Bertz CT molecular complexity index is 1090. The van der Waals surface area contributed by atoms with Gasteiger partial charge in [-0.2, -0.15) is 0 Å². The largest absolute Gasteiger partial charge is 0.443 e. The molecule has 1 amide bonds. The Hall–Kier alpha value is -3.56. The van der Waals surface area contributed by atoms with Gasteiger partial charge < -0.3 is 14.2 Å². The van der Waals surface area contributed by atoms with Crippen LogP contribution in [-0.2, 0) is 0 Å². The number of nitrogens with zero attached hydrogens (tertiary/aromatic N) is 4. The number of rotatable bonds is 3. The van der Waals surface area contributed by atoms with Crippen LogP contribution < -0.4 is 4.90 Å². The number of piperazine rings is 1. The molecule has 0 radical (unpaired) electrons. The number of carbonyl (C=O) groups is 1. The zero-order valence-corrected chi connectivity index (χ0v) is 17.3. The molecule has 2 aliphatic rings. The summed E-state index contributed by atoms with van der Waals surface area (Å²) in [5, 5.41) is 0. The second-order valence-electron chi connectivity index (χ2n) is 7.85. The fourth-order valence-corrected chi connectivity index (χ4v) is 4.04. The van der Waals surface area contributed by atoms with Crippen LogP contribution in [0.15, 0.2) is 71.3 Å². The third-order valence-corrected chi connectivity index (χ3v) is 5.87. The highest BCUT2D eigenvalue weighted by molar-refractivity contribution is 5.92. The van der Waals surface area contributed by atoms with E-state index in [0.717, 1.165) is 50.6 Å². The van der Waals surface area contributed by atoms with Gasteiger partial charge >= 0.3 is 0 Å². The highest BCUT2D eigenvalue weighted by atomic mass is 16.3. The third kappa shape index (κ3) is 4.32. The van der Waals surface area contributed by atoms with E-state index in [9.17, 15) is 4.79 Å². The highest BCUT2D eigenvalue weighted by Crippen LogP contribution is 2.22. The van der Waals surface area contributed by atoms with Gasteiger partial charge in [-0.1, -0.05) is 30.2 Å². The number of furan rings is 1. The molecule has 4 heterocycles.